The molecule has 1 saturated heterocycles. The Bertz CT molecular complexity index is 1130. The van der Waals surface area contributed by atoms with E-state index in [2.05, 4.69) is 17.4 Å². The molecule has 7 nitrogen and oxygen atoms in total. The number of amides is 2. The van der Waals surface area contributed by atoms with E-state index in [9.17, 15) is 19.5 Å². The Labute approximate surface area is 241 Å². The Kier molecular flexibility index (Phi) is 11.7. The predicted molar refractivity (Wildman–Crippen MR) is 157 cm³/mol. The highest BCUT2D eigenvalue weighted by Gasteiger charge is 2.32. The monoisotopic (exact) mass is 564 g/mol. The summed E-state index contributed by atoms with van der Waals surface area (Å²) in [6, 6.07) is 19.5. The van der Waals surface area contributed by atoms with E-state index < -0.39 is 5.92 Å². The fraction of sp³-hybridized carbons (Fsp3) is 0.469. The molecule has 2 aromatic carbocycles. The lowest BCUT2D eigenvalue weighted by atomic mass is 9.94. The predicted octanol–water partition coefficient (Wildman–Crippen LogP) is 4.15. The highest BCUT2D eigenvalue weighted by molar-refractivity contribution is 7.98. The van der Waals surface area contributed by atoms with Crippen LogP contribution in [0, 0.1) is 11.8 Å². The fourth-order valence-corrected chi connectivity index (χ4v) is 6.30. The highest BCUT2D eigenvalue weighted by Crippen LogP contribution is 2.23. The molecule has 4 unspecified atom stereocenters. The zero-order valence-corrected chi connectivity index (χ0v) is 23.8. The molecule has 2 aliphatic rings. The number of aliphatic hydroxyl groups excluding tert-OH is 1. The smallest absolute Gasteiger partial charge is 0.309 e. The van der Waals surface area contributed by atoms with E-state index in [-0.39, 0.29) is 55.4 Å². The summed E-state index contributed by atoms with van der Waals surface area (Å²) in [5.74, 6) is -0.0837. The van der Waals surface area contributed by atoms with Gasteiger partial charge in [0.15, 0.2) is 0 Å². The van der Waals surface area contributed by atoms with Crippen LogP contribution < -0.4 is 5.32 Å². The summed E-state index contributed by atoms with van der Waals surface area (Å²) in [7, 11) is 0. The second-order valence-corrected chi connectivity index (χ2v) is 11.7. The topological polar surface area (TPSA) is 95.9 Å². The first-order valence-electron chi connectivity index (χ1n) is 14.2. The van der Waals surface area contributed by atoms with Crippen molar-refractivity contribution >= 4 is 29.5 Å². The number of rotatable bonds is 9. The van der Waals surface area contributed by atoms with Gasteiger partial charge in [0, 0.05) is 24.5 Å². The average molecular weight is 565 g/mol. The lowest BCUT2D eigenvalue weighted by Crippen LogP contribution is -2.46. The van der Waals surface area contributed by atoms with E-state index in [1.807, 2.05) is 60.7 Å². The van der Waals surface area contributed by atoms with Crippen LogP contribution in [0.4, 0.5) is 0 Å². The van der Waals surface area contributed by atoms with Gasteiger partial charge in [0.2, 0.25) is 11.8 Å². The normalized spacial score (nSPS) is 24.1. The van der Waals surface area contributed by atoms with Gasteiger partial charge in [-0.05, 0) is 43.2 Å². The van der Waals surface area contributed by atoms with Crippen LogP contribution in [0.5, 0.6) is 0 Å². The summed E-state index contributed by atoms with van der Waals surface area (Å²) in [5.41, 5.74) is 2.25. The number of carbonyl (C=O) groups excluding carboxylic acids is 3. The van der Waals surface area contributed by atoms with Crippen molar-refractivity contribution in [3.05, 3.63) is 83.9 Å². The quantitative estimate of drug-likeness (QED) is 0.351. The average Bonchev–Trinajstić information content (AvgIpc) is 3.46. The second kappa shape index (κ2) is 15.6. The first-order valence-corrected chi connectivity index (χ1v) is 15.4. The SMILES string of the molecule is O=C1NC(CSCc2ccccc2)COC(=O)C(Cc2ccccc2)CC=CCC1CC(=O)N1CCCC1CO. The van der Waals surface area contributed by atoms with Crippen LogP contribution in [0.25, 0.3) is 0 Å². The summed E-state index contributed by atoms with van der Waals surface area (Å²) in [5, 5.41) is 12.8. The third kappa shape index (κ3) is 8.96. The molecule has 1 fully saturated rings. The third-order valence-electron chi connectivity index (χ3n) is 7.57. The zero-order valence-electron chi connectivity index (χ0n) is 23.0. The molecule has 2 aromatic rings. The lowest BCUT2D eigenvalue weighted by Gasteiger charge is -2.27. The van der Waals surface area contributed by atoms with E-state index in [1.165, 1.54) is 5.56 Å². The van der Waals surface area contributed by atoms with Gasteiger partial charge in [-0.2, -0.15) is 11.8 Å². The highest BCUT2D eigenvalue weighted by atomic mass is 32.2. The minimum Gasteiger partial charge on any atom is -0.463 e. The van der Waals surface area contributed by atoms with Crippen LogP contribution in [0.1, 0.15) is 43.2 Å². The molecular weight excluding hydrogens is 524 g/mol. The summed E-state index contributed by atoms with van der Waals surface area (Å²) in [6.45, 7) is 0.641. The number of aliphatic hydroxyl groups is 1. The minimum absolute atomic E-state index is 0.0581. The molecule has 0 aliphatic carbocycles. The number of nitrogens with one attached hydrogen (secondary N) is 1. The summed E-state index contributed by atoms with van der Waals surface area (Å²) in [4.78, 5) is 41.4. The van der Waals surface area contributed by atoms with Crippen molar-refractivity contribution in [1.82, 2.24) is 10.2 Å². The molecule has 2 heterocycles. The Hall–Kier alpha value is -3.10. The number of ether oxygens (including phenoxy) is 1. The van der Waals surface area contributed by atoms with Gasteiger partial charge in [0.1, 0.15) is 6.61 Å². The third-order valence-corrected chi connectivity index (χ3v) is 8.75. The summed E-state index contributed by atoms with van der Waals surface area (Å²) >= 11 is 1.67. The Morgan fingerprint density at radius 3 is 2.35 bits per heavy atom. The maximum atomic E-state index is 13.4. The fourth-order valence-electron chi connectivity index (χ4n) is 5.29. The van der Waals surface area contributed by atoms with Gasteiger partial charge in [-0.1, -0.05) is 72.8 Å². The van der Waals surface area contributed by atoms with Crippen molar-refractivity contribution in [2.75, 3.05) is 25.5 Å². The van der Waals surface area contributed by atoms with Crippen molar-refractivity contribution in [2.45, 2.75) is 56.4 Å². The first-order chi connectivity index (χ1) is 19.5. The van der Waals surface area contributed by atoms with Crippen LogP contribution in [0.15, 0.2) is 72.8 Å². The van der Waals surface area contributed by atoms with Crippen LogP contribution >= 0.6 is 11.8 Å². The molecule has 8 heteroatoms. The van der Waals surface area contributed by atoms with Crippen molar-refractivity contribution < 1.29 is 24.2 Å². The van der Waals surface area contributed by atoms with Crippen molar-refractivity contribution in [3.63, 3.8) is 0 Å². The van der Waals surface area contributed by atoms with Crippen LogP contribution in [0.3, 0.4) is 0 Å². The molecule has 0 bridgehead atoms. The Balaban J connectivity index is 1.47. The number of cyclic esters (lactones) is 1. The van der Waals surface area contributed by atoms with Crippen LogP contribution in [0.2, 0.25) is 0 Å². The summed E-state index contributed by atoms with van der Waals surface area (Å²) < 4.78 is 5.79. The van der Waals surface area contributed by atoms with E-state index in [1.54, 1.807) is 16.7 Å². The number of esters is 1. The molecule has 214 valence electrons. The van der Waals surface area contributed by atoms with Gasteiger partial charge < -0.3 is 20.1 Å². The van der Waals surface area contributed by atoms with Gasteiger partial charge >= 0.3 is 5.97 Å². The number of carbonyl (C=O) groups is 3. The Morgan fingerprint density at radius 1 is 0.975 bits per heavy atom. The number of nitrogens with zero attached hydrogens (tertiary/aromatic N) is 1. The molecule has 0 saturated carbocycles. The lowest BCUT2D eigenvalue weighted by molar-refractivity contribution is -0.149. The summed E-state index contributed by atoms with van der Waals surface area (Å²) in [6.07, 6.45) is 7.07. The molecule has 0 spiro atoms. The number of hydrogen-bond acceptors (Lipinski definition) is 6. The van der Waals surface area contributed by atoms with Gasteiger partial charge in [0.05, 0.1) is 30.5 Å². The zero-order chi connectivity index (χ0) is 28.2. The molecule has 40 heavy (non-hydrogen) atoms. The van der Waals surface area contributed by atoms with E-state index >= 15 is 0 Å². The van der Waals surface area contributed by atoms with Crippen LogP contribution in [-0.4, -0.2) is 65.4 Å². The van der Waals surface area contributed by atoms with Gasteiger partial charge in [0.25, 0.3) is 0 Å². The number of hydrogen-bond donors (Lipinski definition) is 2. The van der Waals surface area contributed by atoms with Crippen molar-refractivity contribution in [2.24, 2.45) is 11.8 Å². The van der Waals surface area contributed by atoms with Gasteiger partial charge in [-0.15, -0.1) is 0 Å². The molecule has 2 N–H and O–H groups in total. The number of allylic oxidation sites excluding steroid dienone is 2. The minimum atomic E-state index is -0.534. The van der Waals surface area contributed by atoms with Crippen molar-refractivity contribution in [1.29, 1.82) is 0 Å². The van der Waals surface area contributed by atoms with E-state index in [4.69, 9.17) is 4.74 Å². The maximum absolute atomic E-state index is 13.4. The maximum Gasteiger partial charge on any atom is 0.309 e. The molecular formula is C32H40N2O5S. The molecule has 0 radical (unpaired) electrons. The van der Waals surface area contributed by atoms with Crippen molar-refractivity contribution in [3.8, 4) is 0 Å². The first kappa shape index (κ1) is 29.9. The van der Waals surface area contributed by atoms with E-state index in [0.29, 0.717) is 31.6 Å². The van der Waals surface area contributed by atoms with Gasteiger partial charge in [-0.25, -0.2) is 0 Å². The van der Waals surface area contributed by atoms with Gasteiger partial charge in [-0.3, -0.25) is 14.4 Å². The molecule has 2 aliphatic heterocycles. The number of thioether (sulfide) groups is 1. The molecule has 4 rings (SSSR count). The number of likely N-dealkylation sites (tertiary alicyclic amines) is 1. The molecule has 4 atom stereocenters. The molecule has 2 amide bonds. The number of benzene rings is 2. The van der Waals surface area contributed by atoms with E-state index in [0.717, 1.165) is 24.2 Å². The standard InChI is InChI=1S/C32H40N2O5S/c35-20-29-16-9-17-34(29)30(36)19-26-14-7-8-15-27(18-24-10-3-1-4-11-24)32(38)39-21-28(33-31(26)37)23-40-22-25-12-5-2-6-13-25/h1-8,10-13,26-29,35H,9,14-23H2,(H,33,37). The Morgan fingerprint density at radius 2 is 1.65 bits per heavy atom. The molecule has 0 aromatic heterocycles. The van der Waals surface area contributed by atoms with Crippen LogP contribution in [-0.2, 0) is 31.3 Å². The largest absolute Gasteiger partial charge is 0.463 e. The second-order valence-electron chi connectivity index (χ2n) is 10.6.